The summed E-state index contributed by atoms with van der Waals surface area (Å²) in [6, 6.07) is 6.36. The highest BCUT2D eigenvalue weighted by atomic mass is 19.1. The molecule has 1 aromatic carbocycles. The van der Waals surface area contributed by atoms with E-state index in [0.717, 1.165) is 18.4 Å². The molecule has 0 unspecified atom stereocenters. The molecule has 0 aromatic heterocycles. The molecular weight excluding hydrogens is 255 g/mol. The maximum absolute atomic E-state index is 13.2. The standard InChI is InChI=1S/C16H23FN2O/c1-11(2)15(18)16(20)19-8-6-12(7-9-19)13-4-3-5-14(17)10-13/h3-5,10-12,15H,6-9,18H2,1-2H3/t15-/m0/s1. The smallest absolute Gasteiger partial charge is 0.239 e. The minimum Gasteiger partial charge on any atom is -0.341 e. The first kappa shape index (κ1) is 15.0. The lowest BCUT2D eigenvalue weighted by molar-refractivity contribution is -0.134. The molecule has 1 aromatic rings. The van der Waals surface area contributed by atoms with Crippen LogP contribution < -0.4 is 5.73 Å². The van der Waals surface area contributed by atoms with Crippen LogP contribution in [0, 0.1) is 11.7 Å². The number of nitrogens with zero attached hydrogens (tertiary/aromatic N) is 1. The van der Waals surface area contributed by atoms with Crippen LogP contribution in [0.1, 0.15) is 38.2 Å². The molecule has 0 saturated carbocycles. The van der Waals surface area contributed by atoms with Gasteiger partial charge in [-0.25, -0.2) is 4.39 Å². The van der Waals surface area contributed by atoms with Crippen molar-refractivity contribution in [1.29, 1.82) is 0 Å². The Morgan fingerprint density at radius 3 is 2.55 bits per heavy atom. The number of likely N-dealkylation sites (tertiary alicyclic amines) is 1. The summed E-state index contributed by atoms with van der Waals surface area (Å²) in [6.45, 7) is 5.34. The van der Waals surface area contributed by atoms with E-state index in [-0.39, 0.29) is 17.6 Å². The Morgan fingerprint density at radius 1 is 1.35 bits per heavy atom. The van der Waals surface area contributed by atoms with Gasteiger partial charge in [0.05, 0.1) is 6.04 Å². The van der Waals surface area contributed by atoms with Crippen LogP contribution in [0.3, 0.4) is 0 Å². The van der Waals surface area contributed by atoms with Gasteiger partial charge >= 0.3 is 0 Å². The van der Waals surface area contributed by atoms with E-state index in [9.17, 15) is 9.18 Å². The third-order valence-corrected chi connectivity index (χ3v) is 4.13. The van der Waals surface area contributed by atoms with E-state index in [2.05, 4.69) is 0 Å². The lowest BCUT2D eigenvalue weighted by Crippen LogP contribution is -2.49. The van der Waals surface area contributed by atoms with Crippen molar-refractivity contribution in [2.24, 2.45) is 11.7 Å². The maximum Gasteiger partial charge on any atom is 0.239 e. The number of rotatable bonds is 3. The molecule has 1 atom stereocenters. The Hall–Kier alpha value is -1.42. The zero-order valence-corrected chi connectivity index (χ0v) is 12.2. The first-order valence-electron chi connectivity index (χ1n) is 7.29. The summed E-state index contributed by atoms with van der Waals surface area (Å²) in [6.07, 6.45) is 1.75. The van der Waals surface area contributed by atoms with E-state index in [4.69, 9.17) is 5.73 Å². The average molecular weight is 278 g/mol. The number of carbonyl (C=O) groups excluding carboxylic acids is 1. The molecule has 1 aliphatic heterocycles. The summed E-state index contributed by atoms with van der Waals surface area (Å²) in [7, 11) is 0. The molecule has 1 heterocycles. The Bertz CT molecular complexity index is 467. The van der Waals surface area contributed by atoms with Gasteiger partial charge in [-0.05, 0) is 42.4 Å². The quantitative estimate of drug-likeness (QED) is 0.923. The van der Waals surface area contributed by atoms with E-state index in [0.29, 0.717) is 19.0 Å². The van der Waals surface area contributed by atoms with Crippen LogP contribution in [0.2, 0.25) is 0 Å². The summed E-state index contributed by atoms with van der Waals surface area (Å²) < 4.78 is 13.2. The second-order valence-corrected chi connectivity index (χ2v) is 5.92. The molecule has 2 rings (SSSR count). The van der Waals surface area contributed by atoms with Crippen LogP contribution in [0.25, 0.3) is 0 Å². The van der Waals surface area contributed by atoms with E-state index >= 15 is 0 Å². The number of benzene rings is 1. The summed E-state index contributed by atoms with van der Waals surface area (Å²) in [5, 5.41) is 0. The van der Waals surface area contributed by atoms with Gasteiger partial charge < -0.3 is 10.6 Å². The van der Waals surface area contributed by atoms with Crippen molar-refractivity contribution >= 4 is 5.91 Å². The topological polar surface area (TPSA) is 46.3 Å². The molecule has 20 heavy (non-hydrogen) atoms. The highest BCUT2D eigenvalue weighted by Crippen LogP contribution is 2.28. The van der Waals surface area contributed by atoms with Crippen molar-refractivity contribution in [2.75, 3.05) is 13.1 Å². The van der Waals surface area contributed by atoms with Crippen LogP contribution in [0.15, 0.2) is 24.3 Å². The number of amides is 1. The molecule has 0 radical (unpaired) electrons. The molecule has 0 spiro atoms. The van der Waals surface area contributed by atoms with Crippen LogP contribution in [0.5, 0.6) is 0 Å². The minimum atomic E-state index is -0.416. The van der Waals surface area contributed by atoms with Gasteiger partial charge in [0.15, 0.2) is 0 Å². The summed E-state index contributed by atoms with van der Waals surface area (Å²) >= 11 is 0. The minimum absolute atomic E-state index is 0.0395. The van der Waals surface area contributed by atoms with Gasteiger partial charge in [0, 0.05) is 13.1 Å². The largest absolute Gasteiger partial charge is 0.341 e. The van der Waals surface area contributed by atoms with Crippen molar-refractivity contribution in [3.8, 4) is 0 Å². The number of halogens is 1. The Morgan fingerprint density at radius 2 is 2.00 bits per heavy atom. The number of carbonyl (C=O) groups is 1. The van der Waals surface area contributed by atoms with Crippen LogP contribution in [-0.2, 0) is 4.79 Å². The predicted molar refractivity (Wildman–Crippen MR) is 77.8 cm³/mol. The second-order valence-electron chi connectivity index (χ2n) is 5.92. The molecule has 110 valence electrons. The van der Waals surface area contributed by atoms with Crippen molar-refractivity contribution in [3.63, 3.8) is 0 Å². The fraction of sp³-hybridized carbons (Fsp3) is 0.562. The molecule has 4 heteroatoms. The fourth-order valence-corrected chi connectivity index (χ4v) is 2.69. The summed E-state index contributed by atoms with van der Waals surface area (Å²) in [5.41, 5.74) is 6.95. The molecule has 0 aliphatic carbocycles. The Balaban J connectivity index is 1.94. The van der Waals surface area contributed by atoms with E-state index in [1.807, 2.05) is 24.8 Å². The highest BCUT2D eigenvalue weighted by molar-refractivity contribution is 5.82. The molecule has 0 bridgehead atoms. The van der Waals surface area contributed by atoms with Gasteiger partial charge in [-0.2, -0.15) is 0 Å². The van der Waals surface area contributed by atoms with Crippen LogP contribution in [-0.4, -0.2) is 29.9 Å². The van der Waals surface area contributed by atoms with Gasteiger partial charge in [-0.3, -0.25) is 4.79 Å². The van der Waals surface area contributed by atoms with E-state index < -0.39 is 6.04 Å². The zero-order valence-electron chi connectivity index (χ0n) is 12.2. The number of nitrogens with two attached hydrogens (primary N) is 1. The van der Waals surface area contributed by atoms with Gasteiger partial charge in [0.2, 0.25) is 5.91 Å². The lowest BCUT2D eigenvalue weighted by atomic mass is 9.89. The Labute approximate surface area is 120 Å². The highest BCUT2D eigenvalue weighted by Gasteiger charge is 2.28. The van der Waals surface area contributed by atoms with Gasteiger partial charge in [-0.1, -0.05) is 26.0 Å². The number of hydrogen-bond donors (Lipinski definition) is 1. The van der Waals surface area contributed by atoms with Crippen molar-refractivity contribution in [2.45, 2.75) is 38.6 Å². The maximum atomic E-state index is 13.2. The monoisotopic (exact) mass is 278 g/mol. The fourth-order valence-electron chi connectivity index (χ4n) is 2.69. The summed E-state index contributed by atoms with van der Waals surface area (Å²) in [4.78, 5) is 14.0. The molecule has 1 saturated heterocycles. The average Bonchev–Trinajstić information content (AvgIpc) is 2.46. The molecule has 1 amide bonds. The van der Waals surface area contributed by atoms with E-state index in [1.54, 1.807) is 12.1 Å². The first-order valence-corrected chi connectivity index (χ1v) is 7.29. The van der Waals surface area contributed by atoms with Gasteiger partial charge in [0.1, 0.15) is 5.82 Å². The van der Waals surface area contributed by atoms with Crippen LogP contribution in [0.4, 0.5) is 4.39 Å². The molecular formula is C16H23FN2O. The third kappa shape index (κ3) is 3.37. The number of hydrogen-bond acceptors (Lipinski definition) is 2. The van der Waals surface area contributed by atoms with Crippen LogP contribution >= 0.6 is 0 Å². The predicted octanol–water partition coefficient (Wildman–Crippen LogP) is 2.52. The summed E-state index contributed by atoms with van der Waals surface area (Å²) in [5.74, 6) is 0.342. The second kappa shape index (κ2) is 6.35. The zero-order chi connectivity index (χ0) is 14.7. The van der Waals surface area contributed by atoms with Crippen molar-refractivity contribution < 1.29 is 9.18 Å². The number of piperidine rings is 1. The molecule has 1 fully saturated rings. The SMILES string of the molecule is CC(C)[C@H](N)C(=O)N1CCC(c2cccc(F)c2)CC1. The van der Waals surface area contributed by atoms with Crippen molar-refractivity contribution in [3.05, 3.63) is 35.6 Å². The van der Waals surface area contributed by atoms with E-state index in [1.165, 1.54) is 6.07 Å². The molecule has 3 nitrogen and oxygen atoms in total. The molecule has 1 aliphatic rings. The normalized spacial score (nSPS) is 18.4. The molecule has 2 N–H and O–H groups in total. The van der Waals surface area contributed by atoms with Gasteiger partial charge in [0.25, 0.3) is 0 Å². The van der Waals surface area contributed by atoms with Crippen molar-refractivity contribution in [1.82, 2.24) is 4.90 Å². The third-order valence-electron chi connectivity index (χ3n) is 4.13. The van der Waals surface area contributed by atoms with Gasteiger partial charge in [-0.15, -0.1) is 0 Å². The Kier molecular flexibility index (Phi) is 4.76. The first-order chi connectivity index (χ1) is 9.49. The lowest BCUT2D eigenvalue weighted by Gasteiger charge is -2.34.